The van der Waals surface area contributed by atoms with Gasteiger partial charge in [-0.25, -0.2) is 5.01 Å². The molecule has 1 aromatic heterocycles. The van der Waals surface area contributed by atoms with Crippen LogP contribution >= 0.6 is 12.2 Å². The number of nitrogens with zero attached hydrogens (tertiary/aromatic N) is 3. The number of hydrogen-bond acceptors (Lipinski definition) is 4. The maximum absolute atomic E-state index is 5.85. The first kappa shape index (κ1) is 15.4. The van der Waals surface area contributed by atoms with Crippen LogP contribution in [0.2, 0.25) is 0 Å². The number of pyridine rings is 1. The summed E-state index contributed by atoms with van der Waals surface area (Å²) in [6, 6.07) is 13.7. The van der Waals surface area contributed by atoms with Crippen molar-refractivity contribution in [2.75, 3.05) is 6.61 Å². The third kappa shape index (κ3) is 3.32. The van der Waals surface area contributed by atoms with Crippen LogP contribution in [0, 0.1) is 0 Å². The van der Waals surface area contributed by atoms with Gasteiger partial charge in [0.2, 0.25) is 0 Å². The molecular weight excluding hydrogens is 308 g/mol. The highest BCUT2D eigenvalue weighted by Gasteiger charge is 2.30. The van der Waals surface area contributed by atoms with Crippen molar-refractivity contribution in [1.82, 2.24) is 9.99 Å². The van der Waals surface area contributed by atoms with E-state index in [0.717, 1.165) is 22.7 Å². The van der Waals surface area contributed by atoms with Crippen molar-refractivity contribution < 1.29 is 4.74 Å². The van der Waals surface area contributed by atoms with Crippen molar-refractivity contribution in [3.8, 4) is 5.75 Å². The van der Waals surface area contributed by atoms with Gasteiger partial charge in [0.1, 0.15) is 5.75 Å². The lowest BCUT2D eigenvalue weighted by molar-refractivity contribution is 0.339. The summed E-state index contributed by atoms with van der Waals surface area (Å²) in [5, 5.41) is 6.51. The van der Waals surface area contributed by atoms with E-state index in [2.05, 4.69) is 10.1 Å². The zero-order valence-corrected chi connectivity index (χ0v) is 13.7. The zero-order valence-electron chi connectivity index (χ0n) is 12.8. The van der Waals surface area contributed by atoms with Crippen molar-refractivity contribution in [3.05, 3.63) is 59.9 Å². The van der Waals surface area contributed by atoms with E-state index in [9.17, 15) is 0 Å². The van der Waals surface area contributed by atoms with Crippen LogP contribution in [0.5, 0.6) is 5.75 Å². The van der Waals surface area contributed by atoms with Crippen LogP contribution in [-0.2, 0) is 0 Å². The fraction of sp³-hybridized carbons (Fsp3) is 0.235. The molecule has 0 saturated heterocycles. The number of rotatable bonds is 4. The lowest BCUT2D eigenvalue weighted by atomic mass is 10.0. The molecule has 118 valence electrons. The minimum absolute atomic E-state index is 0.0137. The summed E-state index contributed by atoms with van der Waals surface area (Å²) in [6.07, 6.45) is 2.47. The Hall–Kier alpha value is -2.47. The molecule has 5 nitrogen and oxygen atoms in total. The van der Waals surface area contributed by atoms with E-state index < -0.39 is 0 Å². The number of ether oxygens (including phenoxy) is 1. The number of hydrogen-bond donors (Lipinski definition) is 1. The molecule has 0 radical (unpaired) electrons. The quantitative estimate of drug-likeness (QED) is 0.875. The van der Waals surface area contributed by atoms with Gasteiger partial charge in [0.05, 0.1) is 24.1 Å². The zero-order chi connectivity index (χ0) is 16.2. The van der Waals surface area contributed by atoms with E-state index >= 15 is 0 Å². The molecule has 0 saturated carbocycles. The van der Waals surface area contributed by atoms with Crippen molar-refractivity contribution >= 4 is 23.0 Å². The van der Waals surface area contributed by atoms with Crippen LogP contribution in [0.15, 0.2) is 53.8 Å². The number of aromatic nitrogens is 1. The molecule has 1 aliphatic rings. The molecule has 2 N–H and O–H groups in total. The summed E-state index contributed by atoms with van der Waals surface area (Å²) >= 11 is 5.15. The van der Waals surface area contributed by atoms with Crippen LogP contribution in [0.1, 0.15) is 30.6 Å². The fourth-order valence-electron chi connectivity index (χ4n) is 2.61. The van der Waals surface area contributed by atoms with Gasteiger partial charge in [-0.05, 0) is 49.0 Å². The van der Waals surface area contributed by atoms with E-state index in [1.807, 2.05) is 49.4 Å². The lowest BCUT2D eigenvalue weighted by Crippen LogP contribution is -2.31. The largest absolute Gasteiger partial charge is 0.494 e. The summed E-state index contributed by atoms with van der Waals surface area (Å²) in [5.74, 6) is 0.849. The maximum Gasteiger partial charge on any atom is 0.187 e. The second-order valence-electron chi connectivity index (χ2n) is 5.17. The van der Waals surface area contributed by atoms with E-state index in [1.54, 1.807) is 11.2 Å². The molecule has 1 atom stereocenters. The predicted octanol–water partition coefficient (Wildman–Crippen LogP) is 2.88. The molecule has 1 unspecified atom stereocenters. The van der Waals surface area contributed by atoms with Gasteiger partial charge in [0.25, 0.3) is 0 Å². The average molecular weight is 326 g/mol. The summed E-state index contributed by atoms with van der Waals surface area (Å²) in [6.45, 7) is 2.61. The van der Waals surface area contributed by atoms with Gasteiger partial charge < -0.3 is 10.5 Å². The van der Waals surface area contributed by atoms with Gasteiger partial charge >= 0.3 is 0 Å². The standard InChI is InChI=1S/C17H18N4OS/c1-2-22-13-8-6-12(7-9-13)16-11-15(20-21(16)17(18)23)14-5-3-4-10-19-14/h3-10,16H,2,11H2,1H3,(H2,18,23). The highest BCUT2D eigenvalue weighted by Crippen LogP contribution is 2.32. The molecular formula is C17H18N4OS. The summed E-state index contributed by atoms with van der Waals surface area (Å²) in [5.41, 5.74) is 8.68. The molecule has 23 heavy (non-hydrogen) atoms. The first-order valence-electron chi connectivity index (χ1n) is 7.49. The molecule has 2 heterocycles. The van der Waals surface area contributed by atoms with Gasteiger partial charge in [-0.15, -0.1) is 0 Å². The summed E-state index contributed by atoms with van der Waals surface area (Å²) in [4.78, 5) is 4.36. The van der Waals surface area contributed by atoms with Crippen LogP contribution in [0.25, 0.3) is 0 Å². The molecule has 0 fully saturated rings. The van der Waals surface area contributed by atoms with Crippen molar-refractivity contribution in [2.24, 2.45) is 10.8 Å². The number of benzene rings is 1. The molecule has 0 bridgehead atoms. The van der Waals surface area contributed by atoms with Crippen LogP contribution in [0.4, 0.5) is 0 Å². The normalized spacial score (nSPS) is 17.0. The Labute approximate surface area is 140 Å². The number of hydrazone groups is 1. The second kappa shape index (κ2) is 6.75. The smallest absolute Gasteiger partial charge is 0.187 e. The number of nitrogens with two attached hydrogens (primary N) is 1. The van der Waals surface area contributed by atoms with Crippen molar-refractivity contribution in [3.63, 3.8) is 0 Å². The molecule has 6 heteroatoms. The Morgan fingerprint density at radius 3 is 2.70 bits per heavy atom. The molecule has 2 aromatic rings. The minimum Gasteiger partial charge on any atom is -0.494 e. The van der Waals surface area contributed by atoms with Crippen LogP contribution < -0.4 is 10.5 Å². The van der Waals surface area contributed by atoms with Gasteiger partial charge in [0, 0.05) is 12.6 Å². The predicted molar refractivity (Wildman–Crippen MR) is 94.4 cm³/mol. The van der Waals surface area contributed by atoms with Crippen LogP contribution in [0.3, 0.4) is 0 Å². The maximum atomic E-state index is 5.85. The Kier molecular flexibility index (Phi) is 4.52. The van der Waals surface area contributed by atoms with E-state index in [0.29, 0.717) is 13.0 Å². The van der Waals surface area contributed by atoms with E-state index in [1.165, 1.54) is 0 Å². The highest BCUT2D eigenvalue weighted by molar-refractivity contribution is 7.80. The van der Waals surface area contributed by atoms with Gasteiger partial charge in [-0.1, -0.05) is 18.2 Å². The summed E-state index contributed by atoms with van der Waals surface area (Å²) < 4.78 is 5.49. The van der Waals surface area contributed by atoms with Gasteiger partial charge in [0.15, 0.2) is 5.11 Å². The Morgan fingerprint density at radius 2 is 2.09 bits per heavy atom. The van der Waals surface area contributed by atoms with Crippen LogP contribution in [-0.4, -0.2) is 27.4 Å². The fourth-order valence-corrected chi connectivity index (χ4v) is 2.78. The Bertz CT molecular complexity index is 715. The van der Waals surface area contributed by atoms with E-state index in [4.69, 9.17) is 22.7 Å². The van der Waals surface area contributed by atoms with Gasteiger partial charge in [-0.3, -0.25) is 4.98 Å². The number of thiocarbonyl (C=S) groups is 1. The highest BCUT2D eigenvalue weighted by atomic mass is 32.1. The first-order valence-corrected chi connectivity index (χ1v) is 7.90. The molecule has 1 aromatic carbocycles. The summed E-state index contributed by atoms with van der Waals surface area (Å²) in [7, 11) is 0. The SMILES string of the molecule is CCOc1ccc(C2CC(c3ccccn3)=NN2C(N)=S)cc1. The first-order chi connectivity index (χ1) is 11.2. The molecule has 0 spiro atoms. The molecule has 1 aliphatic heterocycles. The van der Waals surface area contributed by atoms with Crippen molar-refractivity contribution in [1.29, 1.82) is 0 Å². The average Bonchev–Trinajstić information content (AvgIpc) is 3.02. The Morgan fingerprint density at radius 1 is 1.30 bits per heavy atom. The molecule has 0 amide bonds. The second-order valence-corrected chi connectivity index (χ2v) is 5.58. The van der Waals surface area contributed by atoms with Crippen molar-refractivity contribution in [2.45, 2.75) is 19.4 Å². The third-order valence-electron chi connectivity index (χ3n) is 3.67. The monoisotopic (exact) mass is 326 g/mol. The van der Waals surface area contributed by atoms with E-state index in [-0.39, 0.29) is 11.2 Å². The van der Waals surface area contributed by atoms with Gasteiger partial charge in [-0.2, -0.15) is 5.10 Å². The topological polar surface area (TPSA) is 63.7 Å². The molecule has 0 aliphatic carbocycles. The third-order valence-corrected chi connectivity index (χ3v) is 3.86. The minimum atomic E-state index is -0.0137. The lowest BCUT2D eigenvalue weighted by Gasteiger charge is -2.22. The molecule has 3 rings (SSSR count). The Balaban J connectivity index is 1.86.